The summed E-state index contributed by atoms with van der Waals surface area (Å²) >= 11 is 0. The Balaban J connectivity index is 1.76. The zero-order chi connectivity index (χ0) is 18.0. The van der Waals surface area contributed by atoms with Crippen molar-refractivity contribution in [3.8, 4) is 0 Å². The third kappa shape index (κ3) is 3.28. The molecule has 6 nitrogen and oxygen atoms in total. The molecule has 0 aliphatic carbocycles. The van der Waals surface area contributed by atoms with E-state index in [1.165, 1.54) is 20.0 Å². The van der Waals surface area contributed by atoms with E-state index < -0.39 is 11.6 Å². The fourth-order valence-electron chi connectivity index (χ4n) is 2.61. The molecule has 25 heavy (non-hydrogen) atoms. The molecule has 2 heterocycles. The first kappa shape index (κ1) is 16.8. The fourth-order valence-corrected chi connectivity index (χ4v) is 2.61. The monoisotopic (exact) mass is 346 g/mol. The van der Waals surface area contributed by atoms with Crippen LogP contribution in [-0.2, 0) is 11.3 Å². The number of rotatable bonds is 5. The molecule has 0 aliphatic heterocycles. The lowest BCUT2D eigenvalue weighted by Crippen LogP contribution is -2.32. The van der Waals surface area contributed by atoms with E-state index >= 15 is 0 Å². The molecule has 8 heteroatoms. The molecule has 0 fully saturated rings. The highest BCUT2D eigenvalue weighted by Crippen LogP contribution is 2.18. The van der Waals surface area contributed by atoms with Crippen LogP contribution in [0.15, 0.2) is 47.4 Å². The van der Waals surface area contributed by atoms with Crippen LogP contribution in [0.3, 0.4) is 0 Å². The van der Waals surface area contributed by atoms with Crippen molar-refractivity contribution in [2.45, 2.75) is 19.9 Å². The highest BCUT2D eigenvalue weighted by Gasteiger charge is 2.17. The smallest absolute Gasteiger partial charge is 0.313 e. The Hall–Kier alpha value is -3.03. The molecular formula is C17H16F2N4O2. The van der Waals surface area contributed by atoms with E-state index in [2.05, 4.69) is 5.10 Å². The minimum absolute atomic E-state index is 0.0105. The zero-order valence-corrected chi connectivity index (χ0v) is 13.5. The van der Waals surface area contributed by atoms with Crippen LogP contribution in [0.2, 0.25) is 0 Å². The number of anilines is 1. The summed E-state index contributed by atoms with van der Waals surface area (Å²) in [5.74, 6) is -2.29. The maximum absolute atomic E-state index is 13.4. The molecule has 0 atom stereocenters. The predicted octanol–water partition coefficient (Wildman–Crippen LogP) is 2.22. The molecule has 0 unspecified atom stereocenters. The van der Waals surface area contributed by atoms with Gasteiger partial charge in [-0.25, -0.2) is 18.3 Å². The molecule has 130 valence electrons. The molecule has 0 saturated heterocycles. The number of carbonyl (C=O) groups is 1. The summed E-state index contributed by atoms with van der Waals surface area (Å²) in [4.78, 5) is 25.9. The van der Waals surface area contributed by atoms with Gasteiger partial charge in [0.2, 0.25) is 5.91 Å². The second-order valence-electron chi connectivity index (χ2n) is 5.42. The average Bonchev–Trinajstić information content (AvgIpc) is 2.93. The number of pyridine rings is 1. The number of nitrogens with zero attached hydrogens (tertiary/aromatic N) is 4. The molecule has 2 aromatic heterocycles. The Kier molecular flexibility index (Phi) is 4.60. The van der Waals surface area contributed by atoms with Crippen molar-refractivity contribution in [1.82, 2.24) is 14.2 Å². The highest BCUT2D eigenvalue weighted by molar-refractivity contribution is 5.93. The number of carbonyl (C=O) groups excluding carboxylic acids is 1. The summed E-state index contributed by atoms with van der Waals surface area (Å²) in [6.07, 6.45) is 1.61. The van der Waals surface area contributed by atoms with Crippen molar-refractivity contribution in [2.75, 3.05) is 11.4 Å². The van der Waals surface area contributed by atoms with Crippen molar-refractivity contribution in [2.24, 2.45) is 0 Å². The average molecular weight is 346 g/mol. The quantitative estimate of drug-likeness (QED) is 0.712. The van der Waals surface area contributed by atoms with Gasteiger partial charge in [0, 0.05) is 30.9 Å². The lowest BCUT2D eigenvalue weighted by Gasteiger charge is -2.21. The Morgan fingerprint density at radius 3 is 2.68 bits per heavy atom. The molecule has 0 saturated carbocycles. The fraction of sp³-hybridized carbons (Fsp3) is 0.235. The molecule has 0 spiro atoms. The van der Waals surface area contributed by atoms with Gasteiger partial charge in [-0.1, -0.05) is 6.07 Å². The van der Waals surface area contributed by atoms with Gasteiger partial charge >= 0.3 is 5.69 Å². The molecule has 0 bridgehead atoms. The molecule has 1 amide bonds. The lowest BCUT2D eigenvalue weighted by molar-refractivity contribution is -0.118. The normalized spacial score (nSPS) is 11.0. The number of aryl methyl sites for hydroxylation is 1. The lowest BCUT2D eigenvalue weighted by atomic mass is 10.2. The van der Waals surface area contributed by atoms with E-state index in [1.807, 2.05) is 0 Å². The molecule has 1 aromatic carbocycles. The van der Waals surface area contributed by atoms with Crippen LogP contribution in [0.5, 0.6) is 0 Å². The molecular weight excluding hydrogens is 330 g/mol. The van der Waals surface area contributed by atoms with E-state index in [1.54, 1.807) is 31.3 Å². The van der Waals surface area contributed by atoms with Crippen LogP contribution < -0.4 is 10.6 Å². The topological polar surface area (TPSA) is 59.6 Å². The first-order valence-electron chi connectivity index (χ1n) is 7.81. The number of hydrogen-bond acceptors (Lipinski definition) is 3. The van der Waals surface area contributed by atoms with E-state index in [0.717, 1.165) is 12.1 Å². The summed E-state index contributed by atoms with van der Waals surface area (Å²) in [6, 6.07) is 8.48. The van der Waals surface area contributed by atoms with Gasteiger partial charge < -0.3 is 4.90 Å². The van der Waals surface area contributed by atoms with Crippen molar-refractivity contribution < 1.29 is 13.6 Å². The summed E-state index contributed by atoms with van der Waals surface area (Å²) in [5.41, 5.74) is 0.431. The number of aromatic nitrogens is 3. The zero-order valence-electron chi connectivity index (χ0n) is 13.5. The molecule has 3 rings (SSSR count). The SMILES string of the molecule is CCN(C(=O)CCn1nc2ccccn2c1=O)c1ccc(F)c(F)c1. The summed E-state index contributed by atoms with van der Waals surface area (Å²) in [7, 11) is 0. The predicted molar refractivity (Wildman–Crippen MR) is 88.5 cm³/mol. The maximum Gasteiger partial charge on any atom is 0.350 e. The molecule has 0 aliphatic rings. The van der Waals surface area contributed by atoms with Gasteiger partial charge in [0.1, 0.15) is 0 Å². The Morgan fingerprint density at radius 2 is 2.00 bits per heavy atom. The second kappa shape index (κ2) is 6.84. The van der Waals surface area contributed by atoms with Crippen LogP contribution in [0.25, 0.3) is 5.65 Å². The minimum atomic E-state index is -1.01. The molecule has 0 radical (unpaired) electrons. The minimum Gasteiger partial charge on any atom is -0.313 e. The van der Waals surface area contributed by atoms with Gasteiger partial charge in [0.05, 0.1) is 6.54 Å². The standard InChI is InChI=1S/C17H16F2N4O2/c1-2-21(12-6-7-13(18)14(19)11-12)16(24)8-10-23-17(25)22-9-4-3-5-15(22)20-23/h3-7,9,11H,2,8,10H2,1H3. The first-order chi connectivity index (χ1) is 12.0. The van der Waals surface area contributed by atoms with Crippen LogP contribution in [0.4, 0.5) is 14.5 Å². The van der Waals surface area contributed by atoms with Crippen LogP contribution in [0, 0.1) is 11.6 Å². The summed E-state index contributed by atoms with van der Waals surface area (Å²) in [5, 5.41) is 4.15. The number of fused-ring (bicyclic) bond motifs is 1. The van der Waals surface area contributed by atoms with E-state index in [9.17, 15) is 18.4 Å². The van der Waals surface area contributed by atoms with Gasteiger partial charge in [0.25, 0.3) is 0 Å². The van der Waals surface area contributed by atoms with Crippen LogP contribution >= 0.6 is 0 Å². The third-order valence-electron chi connectivity index (χ3n) is 3.86. The maximum atomic E-state index is 13.4. The van der Waals surface area contributed by atoms with E-state index in [4.69, 9.17) is 0 Å². The van der Waals surface area contributed by atoms with Crippen molar-refractivity contribution in [3.63, 3.8) is 0 Å². The van der Waals surface area contributed by atoms with Gasteiger partial charge in [0.15, 0.2) is 17.3 Å². The Morgan fingerprint density at radius 1 is 1.20 bits per heavy atom. The number of halogens is 2. The van der Waals surface area contributed by atoms with E-state index in [-0.39, 0.29) is 30.2 Å². The summed E-state index contributed by atoms with van der Waals surface area (Å²) < 4.78 is 29.0. The largest absolute Gasteiger partial charge is 0.350 e. The van der Waals surface area contributed by atoms with E-state index in [0.29, 0.717) is 12.2 Å². The Labute approximate surface area is 141 Å². The van der Waals surface area contributed by atoms with Crippen molar-refractivity contribution in [3.05, 3.63) is 64.7 Å². The highest BCUT2D eigenvalue weighted by atomic mass is 19.2. The van der Waals surface area contributed by atoms with Crippen molar-refractivity contribution >= 4 is 17.2 Å². The second-order valence-corrected chi connectivity index (χ2v) is 5.42. The number of benzene rings is 1. The van der Waals surface area contributed by atoms with Gasteiger partial charge in [-0.2, -0.15) is 0 Å². The van der Waals surface area contributed by atoms with Crippen molar-refractivity contribution in [1.29, 1.82) is 0 Å². The van der Waals surface area contributed by atoms with Gasteiger partial charge in [-0.05, 0) is 31.2 Å². The summed E-state index contributed by atoms with van der Waals surface area (Å²) in [6.45, 7) is 2.12. The van der Waals surface area contributed by atoms with Gasteiger partial charge in [-0.3, -0.25) is 9.20 Å². The van der Waals surface area contributed by atoms with Gasteiger partial charge in [-0.15, -0.1) is 5.10 Å². The number of amides is 1. The molecule has 0 N–H and O–H groups in total. The third-order valence-corrected chi connectivity index (χ3v) is 3.86. The van der Waals surface area contributed by atoms with Crippen LogP contribution in [0.1, 0.15) is 13.3 Å². The Bertz CT molecular complexity index is 980. The number of hydrogen-bond donors (Lipinski definition) is 0. The molecule has 3 aromatic rings. The first-order valence-corrected chi connectivity index (χ1v) is 7.81. The van der Waals surface area contributed by atoms with Crippen LogP contribution in [-0.4, -0.2) is 26.6 Å².